The molecule has 1 unspecified atom stereocenters. The van der Waals surface area contributed by atoms with Crippen LogP contribution in [0.15, 0.2) is 18.2 Å². The van der Waals surface area contributed by atoms with Gasteiger partial charge in [0.25, 0.3) is 0 Å². The fraction of sp³-hybridized carbons (Fsp3) is 0.647. The highest BCUT2D eigenvalue weighted by Crippen LogP contribution is 2.25. The molecule has 1 aliphatic heterocycles. The molecule has 0 bridgehead atoms. The van der Waals surface area contributed by atoms with E-state index in [4.69, 9.17) is 16.3 Å². The maximum Gasteiger partial charge on any atom is 0.0721 e. The van der Waals surface area contributed by atoms with Gasteiger partial charge in [0.05, 0.1) is 6.10 Å². The SMILES string of the molecule is CC1CN(c2ccc(CNC(C)(C)C)c(Cl)c2)CCCO1. The Morgan fingerprint density at radius 1 is 1.38 bits per heavy atom. The maximum atomic E-state index is 6.46. The molecule has 0 aliphatic carbocycles. The summed E-state index contributed by atoms with van der Waals surface area (Å²) in [4.78, 5) is 2.37. The monoisotopic (exact) mass is 310 g/mol. The van der Waals surface area contributed by atoms with E-state index in [1.165, 1.54) is 5.69 Å². The van der Waals surface area contributed by atoms with E-state index < -0.39 is 0 Å². The number of hydrogen-bond acceptors (Lipinski definition) is 3. The lowest BCUT2D eigenvalue weighted by Crippen LogP contribution is -2.35. The van der Waals surface area contributed by atoms with Crippen molar-refractivity contribution in [2.75, 3.05) is 24.6 Å². The second-order valence-electron chi connectivity index (χ2n) is 6.86. The van der Waals surface area contributed by atoms with Gasteiger partial charge in [-0.15, -0.1) is 0 Å². The molecule has 1 aliphatic rings. The van der Waals surface area contributed by atoms with E-state index in [2.05, 4.69) is 56.1 Å². The number of anilines is 1. The van der Waals surface area contributed by atoms with Gasteiger partial charge < -0.3 is 15.0 Å². The van der Waals surface area contributed by atoms with Crippen LogP contribution in [0, 0.1) is 0 Å². The first kappa shape index (κ1) is 16.6. The van der Waals surface area contributed by atoms with Gasteiger partial charge in [-0.3, -0.25) is 0 Å². The summed E-state index contributed by atoms with van der Waals surface area (Å²) >= 11 is 6.46. The van der Waals surface area contributed by atoms with Crippen LogP contribution >= 0.6 is 11.6 Å². The minimum atomic E-state index is 0.0968. The summed E-state index contributed by atoms with van der Waals surface area (Å²) in [5, 5.41) is 4.31. The zero-order valence-corrected chi connectivity index (χ0v) is 14.3. The average molecular weight is 311 g/mol. The first-order valence-corrected chi connectivity index (χ1v) is 8.13. The van der Waals surface area contributed by atoms with Crippen LogP contribution in [-0.2, 0) is 11.3 Å². The highest BCUT2D eigenvalue weighted by molar-refractivity contribution is 6.31. The summed E-state index contributed by atoms with van der Waals surface area (Å²) in [6, 6.07) is 6.38. The summed E-state index contributed by atoms with van der Waals surface area (Å²) in [7, 11) is 0. The van der Waals surface area contributed by atoms with Crippen molar-refractivity contribution in [1.82, 2.24) is 5.32 Å². The average Bonchev–Trinajstić information content (AvgIpc) is 2.61. The van der Waals surface area contributed by atoms with Crippen LogP contribution in [-0.4, -0.2) is 31.3 Å². The molecule has 1 aromatic rings. The fourth-order valence-electron chi connectivity index (χ4n) is 2.47. The Morgan fingerprint density at radius 2 is 2.14 bits per heavy atom. The molecule has 0 aromatic heterocycles. The lowest BCUT2D eigenvalue weighted by molar-refractivity contribution is 0.0821. The number of rotatable bonds is 3. The van der Waals surface area contributed by atoms with Crippen LogP contribution in [0.5, 0.6) is 0 Å². The lowest BCUT2D eigenvalue weighted by atomic mass is 10.1. The molecule has 4 heteroatoms. The number of halogens is 1. The third-order valence-corrected chi connectivity index (χ3v) is 4.02. The van der Waals surface area contributed by atoms with Crippen molar-refractivity contribution in [3.8, 4) is 0 Å². The van der Waals surface area contributed by atoms with E-state index in [-0.39, 0.29) is 11.6 Å². The molecule has 1 atom stereocenters. The van der Waals surface area contributed by atoms with Crippen molar-refractivity contribution in [3.63, 3.8) is 0 Å². The number of ether oxygens (including phenoxy) is 1. The van der Waals surface area contributed by atoms with Crippen LogP contribution in [0.25, 0.3) is 0 Å². The minimum absolute atomic E-state index is 0.0968. The summed E-state index contributed by atoms with van der Waals surface area (Å²) in [6.45, 7) is 12.2. The summed E-state index contributed by atoms with van der Waals surface area (Å²) in [5.41, 5.74) is 2.44. The minimum Gasteiger partial charge on any atom is -0.377 e. The summed E-state index contributed by atoms with van der Waals surface area (Å²) in [6.07, 6.45) is 1.34. The van der Waals surface area contributed by atoms with E-state index >= 15 is 0 Å². The van der Waals surface area contributed by atoms with Crippen molar-refractivity contribution < 1.29 is 4.74 Å². The number of hydrogen-bond donors (Lipinski definition) is 1. The van der Waals surface area contributed by atoms with Gasteiger partial charge in [0.2, 0.25) is 0 Å². The molecule has 2 rings (SSSR count). The smallest absolute Gasteiger partial charge is 0.0721 e. The molecule has 0 radical (unpaired) electrons. The van der Waals surface area contributed by atoms with Crippen molar-refractivity contribution in [2.45, 2.75) is 52.3 Å². The Morgan fingerprint density at radius 3 is 2.81 bits per heavy atom. The maximum absolute atomic E-state index is 6.46. The lowest BCUT2D eigenvalue weighted by Gasteiger charge is -2.25. The Kier molecular flexibility index (Phi) is 5.53. The summed E-state index contributed by atoms with van der Waals surface area (Å²) < 4.78 is 5.70. The number of nitrogens with zero attached hydrogens (tertiary/aromatic N) is 1. The normalized spacial score (nSPS) is 20.4. The molecule has 1 aromatic carbocycles. The Bertz CT molecular complexity index is 470. The number of nitrogens with one attached hydrogen (secondary N) is 1. The second-order valence-corrected chi connectivity index (χ2v) is 7.27. The first-order chi connectivity index (χ1) is 9.85. The van der Waals surface area contributed by atoms with Gasteiger partial charge in [0, 0.05) is 42.5 Å². The van der Waals surface area contributed by atoms with Crippen molar-refractivity contribution >= 4 is 17.3 Å². The van der Waals surface area contributed by atoms with Gasteiger partial charge in [-0.1, -0.05) is 17.7 Å². The zero-order chi connectivity index (χ0) is 15.5. The van der Waals surface area contributed by atoms with Crippen LogP contribution in [0.4, 0.5) is 5.69 Å². The van der Waals surface area contributed by atoms with E-state index in [9.17, 15) is 0 Å². The molecule has 21 heavy (non-hydrogen) atoms. The zero-order valence-electron chi connectivity index (χ0n) is 13.6. The van der Waals surface area contributed by atoms with E-state index in [1.807, 2.05) is 0 Å². The molecule has 0 amide bonds. The largest absolute Gasteiger partial charge is 0.377 e. The van der Waals surface area contributed by atoms with Gasteiger partial charge >= 0.3 is 0 Å². The standard InChI is InChI=1S/C17H27ClN2O/c1-13-12-20(8-5-9-21-13)15-7-6-14(16(18)10-15)11-19-17(2,3)4/h6-7,10,13,19H,5,8-9,11-12H2,1-4H3. The van der Waals surface area contributed by atoms with Gasteiger partial charge in [-0.05, 0) is 51.8 Å². The van der Waals surface area contributed by atoms with Crippen molar-refractivity contribution in [3.05, 3.63) is 28.8 Å². The van der Waals surface area contributed by atoms with Crippen LogP contribution in [0.1, 0.15) is 39.7 Å². The number of benzene rings is 1. The second kappa shape index (κ2) is 6.99. The van der Waals surface area contributed by atoms with E-state index in [1.54, 1.807) is 0 Å². The van der Waals surface area contributed by atoms with Crippen LogP contribution in [0.2, 0.25) is 5.02 Å². The molecule has 118 valence electrons. The Hall–Kier alpha value is -0.770. The van der Waals surface area contributed by atoms with Crippen LogP contribution in [0.3, 0.4) is 0 Å². The van der Waals surface area contributed by atoms with Crippen molar-refractivity contribution in [2.24, 2.45) is 0 Å². The molecule has 1 fully saturated rings. The molecular formula is C17H27ClN2O. The molecule has 0 saturated carbocycles. The quantitative estimate of drug-likeness (QED) is 0.918. The van der Waals surface area contributed by atoms with Gasteiger partial charge in [-0.2, -0.15) is 0 Å². The molecule has 1 N–H and O–H groups in total. The van der Waals surface area contributed by atoms with Gasteiger partial charge in [0.1, 0.15) is 0 Å². The highest BCUT2D eigenvalue weighted by Gasteiger charge is 2.16. The first-order valence-electron chi connectivity index (χ1n) is 7.75. The topological polar surface area (TPSA) is 24.5 Å². The molecular weight excluding hydrogens is 284 g/mol. The van der Waals surface area contributed by atoms with Gasteiger partial charge in [-0.25, -0.2) is 0 Å². The molecule has 1 saturated heterocycles. The molecule has 0 spiro atoms. The van der Waals surface area contributed by atoms with Crippen molar-refractivity contribution in [1.29, 1.82) is 0 Å². The van der Waals surface area contributed by atoms with E-state index in [0.29, 0.717) is 0 Å². The summed E-state index contributed by atoms with van der Waals surface area (Å²) in [5.74, 6) is 0. The third-order valence-electron chi connectivity index (χ3n) is 3.66. The van der Waals surface area contributed by atoms with Gasteiger partial charge in [0.15, 0.2) is 0 Å². The highest BCUT2D eigenvalue weighted by atomic mass is 35.5. The van der Waals surface area contributed by atoms with E-state index in [0.717, 1.165) is 43.2 Å². The third kappa shape index (κ3) is 5.17. The Balaban J connectivity index is 2.07. The predicted molar refractivity (Wildman–Crippen MR) is 90.3 cm³/mol. The fourth-order valence-corrected chi connectivity index (χ4v) is 2.71. The molecule has 3 nitrogen and oxygen atoms in total. The van der Waals surface area contributed by atoms with Crippen LogP contribution < -0.4 is 10.2 Å². The predicted octanol–water partition coefficient (Wildman–Crippen LogP) is 3.84. The molecule has 1 heterocycles. The Labute approximate surface area is 133 Å².